The summed E-state index contributed by atoms with van der Waals surface area (Å²) in [5.74, 6) is 0. The van der Waals surface area contributed by atoms with Crippen LogP contribution in [-0.2, 0) is 0 Å². The summed E-state index contributed by atoms with van der Waals surface area (Å²) in [6.07, 6.45) is 1.42. The van der Waals surface area contributed by atoms with E-state index in [-0.39, 0.29) is 12.7 Å². The van der Waals surface area contributed by atoms with Crippen LogP contribution >= 0.6 is 0 Å². The van der Waals surface area contributed by atoms with Gasteiger partial charge in [-0.2, -0.15) is 0 Å². The number of rotatable bonds is 6. The van der Waals surface area contributed by atoms with Gasteiger partial charge in [-0.15, -0.1) is 6.58 Å². The van der Waals surface area contributed by atoms with Gasteiger partial charge in [0.15, 0.2) is 0 Å². The topological polar surface area (TPSA) is 43.7 Å². The van der Waals surface area contributed by atoms with Gasteiger partial charge in [0.05, 0.1) is 12.7 Å². The molecule has 11 heavy (non-hydrogen) atoms. The smallest absolute Gasteiger partial charge is 0.0639 e. The number of aliphatic hydroxyl groups excluding tert-OH is 2. The molecule has 1 atom stereocenters. The zero-order chi connectivity index (χ0) is 8.69. The standard InChI is InChI=1S/C8H17NO2/c1-3-4-9(5-6-10)7-8(2)11/h3,8,10-11H,1,4-7H2,2H3. The van der Waals surface area contributed by atoms with Gasteiger partial charge in [0, 0.05) is 19.6 Å². The van der Waals surface area contributed by atoms with Crippen LogP contribution in [0, 0.1) is 0 Å². The molecule has 0 heterocycles. The second-order valence-electron chi connectivity index (χ2n) is 2.62. The summed E-state index contributed by atoms with van der Waals surface area (Å²) in [5.41, 5.74) is 0. The molecular weight excluding hydrogens is 142 g/mol. The van der Waals surface area contributed by atoms with Crippen molar-refractivity contribution in [2.45, 2.75) is 13.0 Å². The Morgan fingerprint density at radius 1 is 1.64 bits per heavy atom. The Bertz CT molecular complexity index is 104. The maximum Gasteiger partial charge on any atom is 0.0639 e. The molecule has 0 aliphatic carbocycles. The first-order chi connectivity index (χ1) is 5.20. The maximum atomic E-state index is 9.02. The molecule has 0 aliphatic rings. The average Bonchev–Trinajstić information content (AvgIpc) is 1.87. The maximum absolute atomic E-state index is 9.02. The van der Waals surface area contributed by atoms with Crippen molar-refractivity contribution in [3.05, 3.63) is 12.7 Å². The molecule has 3 heteroatoms. The minimum Gasteiger partial charge on any atom is -0.395 e. The van der Waals surface area contributed by atoms with E-state index < -0.39 is 0 Å². The van der Waals surface area contributed by atoms with E-state index in [1.165, 1.54) is 0 Å². The van der Waals surface area contributed by atoms with E-state index in [0.29, 0.717) is 19.6 Å². The van der Waals surface area contributed by atoms with Crippen LogP contribution in [0.5, 0.6) is 0 Å². The SMILES string of the molecule is C=CCN(CCO)CC(C)O. The van der Waals surface area contributed by atoms with Gasteiger partial charge >= 0.3 is 0 Å². The van der Waals surface area contributed by atoms with Crippen LogP contribution in [0.25, 0.3) is 0 Å². The minimum atomic E-state index is -0.346. The lowest BCUT2D eigenvalue weighted by atomic mass is 10.3. The molecule has 0 aromatic heterocycles. The first kappa shape index (κ1) is 10.6. The van der Waals surface area contributed by atoms with Crippen molar-refractivity contribution in [2.75, 3.05) is 26.2 Å². The van der Waals surface area contributed by atoms with Gasteiger partial charge in [0.1, 0.15) is 0 Å². The molecule has 0 rings (SSSR count). The molecule has 0 fully saturated rings. The van der Waals surface area contributed by atoms with Crippen LogP contribution in [0.1, 0.15) is 6.92 Å². The van der Waals surface area contributed by atoms with Gasteiger partial charge in [0.2, 0.25) is 0 Å². The van der Waals surface area contributed by atoms with E-state index in [1.54, 1.807) is 13.0 Å². The van der Waals surface area contributed by atoms with E-state index in [1.807, 2.05) is 4.90 Å². The first-order valence-corrected chi connectivity index (χ1v) is 3.83. The highest BCUT2D eigenvalue weighted by atomic mass is 16.3. The van der Waals surface area contributed by atoms with Gasteiger partial charge in [0.25, 0.3) is 0 Å². The zero-order valence-electron chi connectivity index (χ0n) is 7.03. The van der Waals surface area contributed by atoms with Crippen molar-refractivity contribution >= 4 is 0 Å². The Morgan fingerprint density at radius 2 is 2.27 bits per heavy atom. The molecule has 1 unspecified atom stereocenters. The highest BCUT2D eigenvalue weighted by Gasteiger charge is 2.04. The van der Waals surface area contributed by atoms with Crippen molar-refractivity contribution in [1.29, 1.82) is 0 Å². The second kappa shape index (κ2) is 6.34. The quantitative estimate of drug-likeness (QED) is 0.530. The van der Waals surface area contributed by atoms with E-state index in [0.717, 1.165) is 0 Å². The van der Waals surface area contributed by atoms with Crippen molar-refractivity contribution in [2.24, 2.45) is 0 Å². The summed E-state index contributed by atoms with van der Waals surface area (Å²) in [6, 6.07) is 0. The number of hydrogen-bond donors (Lipinski definition) is 2. The number of nitrogens with zero attached hydrogens (tertiary/aromatic N) is 1. The Morgan fingerprint density at radius 3 is 2.64 bits per heavy atom. The summed E-state index contributed by atoms with van der Waals surface area (Å²) >= 11 is 0. The van der Waals surface area contributed by atoms with Crippen molar-refractivity contribution < 1.29 is 10.2 Å². The molecular formula is C8H17NO2. The number of aliphatic hydroxyl groups is 2. The largest absolute Gasteiger partial charge is 0.395 e. The van der Waals surface area contributed by atoms with Gasteiger partial charge in [-0.05, 0) is 6.92 Å². The molecule has 0 aromatic rings. The third-order valence-corrected chi connectivity index (χ3v) is 1.33. The Hall–Kier alpha value is -0.380. The third-order valence-electron chi connectivity index (χ3n) is 1.33. The first-order valence-electron chi connectivity index (χ1n) is 3.83. The van der Waals surface area contributed by atoms with Gasteiger partial charge in [-0.25, -0.2) is 0 Å². The van der Waals surface area contributed by atoms with Crippen LogP contribution < -0.4 is 0 Å². The van der Waals surface area contributed by atoms with Crippen LogP contribution in [0.15, 0.2) is 12.7 Å². The summed E-state index contributed by atoms with van der Waals surface area (Å²) in [5, 5.41) is 17.6. The van der Waals surface area contributed by atoms with E-state index >= 15 is 0 Å². The highest BCUT2D eigenvalue weighted by molar-refractivity contribution is 4.74. The molecule has 0 saturated carbocycles. The van der Waals surface area contributed by atoms with E-state index in [9.17, 15) is 0 Å². The predicted octanol–water partition coefficient (Wildman–Crippen LogP) is -0.153. The van der Waals surface area contributed by atoms with Crippen molar-refractivity contribution in [3.8, 4) is 0 Å². The number of hydrogen-bond acceptors (Lipinski definition) is 3. The fourth-order valence-corrected chi connectivity index (χ4v) is 0.955. The fourth-order valence-electron chi connectivity index (χ4n) is 0.955. The summed E-state index contributed by atoms with van der Waals surface area (Å²) < 4.78 is 0. The van der Waals surface area contributed by atoms with Crippen LogP contribution in [0.4, 0.5) is 0 Å². The third kappa shape index (κ3) is 6.04. The molecule has 3 nitrogen and oxygen atoms in total. The minimum absolute atomic E-state index is 0.126. The van der Waals surface area contributed by atoms with E-state index in [2.05, 4.69) is 6.58 Å². The molecule has 0 aromatic carbocycles. The van der Waals surface area contributed by atoms with Gasteiger partial charge in [-0.3, -0.25) is 4.90 Å². The molecule has 0 saturated heterocycles. The van der Waals surface area contributed by atoms with Crippen LogP contribution in [0.3, 0.4) is 0 Å². The molecule has 0 amide bonds. The average molecular weight is 159 g/mol. The van der Waals surface area contributed by atoms with E-state index in [4.69, 9.17) is 10.2 Å². The normalized spacial score (nSPS) is 13.5. The monoisotopic (exact) mass is 159 g/mol. The summed E-state index contributed by atoms with van der Waals surface area (Å²) in [4.78, 5) is 1.94. The molecule has 2 N–H and O–H groups in total. The molecule has 0 spiro atoms. The molecule has 0 aliphatic heterocycles. The Balaban J connectivity index is 3.58. The molecule has 66 valence electrons. The molecule has 0 bridgehead atoms. The predicted molar refractivity (Wildman–Crippen MR) is 45.4 cm³/mol. The Labute approximate surface area is 68.0 Å². The summed E-state index contributed by atoms with van der Waals surface area (Å²) in [7, 11) is 0. The van der Waals surface area contributed by atoms with Gasteiger partial charge < -0.3 is 10.2 Å². The van der Waals surface area contributed by atoms with Crippen molar-refractivity contribution in [1.82, 2.24) is 4.90 Å². The lowest BCUT2D eigenvalue weighted by Gasteiger charge is -2.20. The summed E-state index contributed by atoms with van der Waals surface area (Å²) in [6.45, 7) is 7.34. The molecule has 0 radical (unpaired) electrons. The Kier molecular flexibility index (Phi) is 6.12. The lowest BCUT2D eigenvalue weighted by Crippen LogP contribution is -2.33. The highest BCUT2D eigenvalue weighted by Crippen LogP contribution is 1.91. The van der Waals surface area contributed by atoms with Gasteiger partial charge in [-0.1, -0.05) is 6.08 Å². The van der Waals surface area contributed by atoms with Crippen LogP contribution in [0.2, 0.25) is 0 Å². The zero-order valence-corrected chi connectivity index (χ0v) is 7.03. The lowest BCUT2D eigenvalue weighted by molar-refractivity contribution is 0.119. The second-order valence-corrected chi connectivity index (χ2v) is 2.62. The fraction of sp³-hybridized carbons (Fsp3) is 0.750. The van der Waals surface area contributed by atoms with Crippen LogP contribution in [-0.4, -0.2) is 47.5 Å². The van der Waals surface area contributed by atoms with Crippen molar-refractivity contribution in [3.63, 3.8) is 0 Å².